The number of fused-ring (bicyclic) bond motifs is 1. The molecule has 3 nitrogen and oxygen atoms in total. The second kappa shape index (κ2) is 7.52. The number of halogens is 1. The van der Waals surface area contributed by atoms with Crippen molar-refractivity contribution in [3.63, 3.8) is 0 Å². The summed E-state index contributed by atoms with van der Waals surface area (Å²) in [6.07, 6.45) is 4.26. The Morgan fingerprint density at radius 1 is 1.29 bits per heavy atom. The van der Waals surface area contributed by atoms with Crippen LogP contribution >= 0.6 is 24.2 Å². The lowest BCUT2D eigenvalue weighted by atomic mass is 9.94. The molecule has 1 heterocycles. The SMILES string of the molecule is Cl.NC[C@H]1CCC[C@H]1C(=O)NC1CCSc2ccccc21. The molecule has 1 aromatic rings. The zero-order valence-electron chi connectivity index (χ0n) is 12.1. The fourth-order valence-corrected chi connectivity index (χ4v) is 4.56. The number of benzene rings is 1. The van der Waals surface area contributed by atoms with Crippen LogP contribution in [-0.4, -0.2) is 18.2 Å². The maximum Gasteiger partial charge on any atom is 0.223 e. The van der Waals surface area contributed by atoms with Gasteiger partial charge < -0.3 is 11.1 Å². The molecule has 21 heavy (non-hydrogen) atoms. The summed E-state index contributed by atoms with van der Waals surface area (Å²) in [6.45, 7) is 0.634. The van der Waals surface area contributed by atoms with E-state index in [4.69, 9.17) is 5.73 Å². The number of nitrogens with one attached hydrogen (secondary N) is 1. The first-order chi connectivity index (χ1) is 9.79. The Hall–Kier alpha value is -0.710. The highest BCUT2D eigenvalue weighted by Gasteiger charge is 2.33. The van der Waals surface area contributed by atoms with E-state index >= 15 is 0 Å². The van der Waals surface area contributed by atoms with Crippen molar-refractivity contribution in [2.75, 3.05) is 12.3 Å². The summed E-state index contributed by atoms with van der Waals surface area (Å²) in [5.74, 6) is 1.79. The minimum atomic E-state index is 0. The standard InChI is InChI=1S/C16H22N2OS.ClH/c17-10-11-4-3-6-12(11)16(19)18-14-8-9-20-15-7-2-1-5-13(14)15;/h1-2,5,7,11-12,14H,3-4,6,8-10,17H2,(H,18,19);1H/t11-,12-,14?;/m1./s1. The molecule has 5 heteroatoms. The Labute approximate surface area is 136 Å². The van der Waals surface area contributed by atoms with Crippen LogP contribution in [0.25, 0.3) is 0 Å². The minimum absolute atomic E-state index is 0. The number of rotatable bonds is 3. The first-order valence-electron chi connectivity index (χ1n) is 7.51. The van der Waals surface area contributed by atoms with Gasteiger partial charge in [0.1, 0.15) is 0 Å². The molecule has 1 saturated carbocycles. The van der Waals surface area contributed by atoms with Crippen LogP contribution in [0, 0.1) is 11.8 Å². The second-order valence-electron chi connectivity index (χ2n) is 5.77. The van der Waals surface area contributed by atoms with Gasteiger partial charge in [0.2, 0.25) is 5.91 Å². The summed E-state index contributed by atoms with van der Waals surface area (Å²) in [6, 6.07) is 8.59. The van der Waals surface area contributed by atoms with Gasteiger partial charge in [-0.3, -0.25) is 4.79 Å². The van der Waals surface area contributed by atoms with Crippen LogP contribution in [0.2, 0.25) is 0 Å². The number of hydrogen-bond donors (Lipinski definition) is 2. The number of amides is 1. The molecular weight excluding hydrogens is 304 g/mol. The van der Waals surface area contributed by atoms with Crippen LogP contribution in [0.5, 0.6) is 0 Å². The van der Waals surface area contributed by atoms with Crippen molar-refractivity contribution < 1.29 is 4.79 Å². The molecule has 3 rings (SSSR count). The molecule has 1 aliphatic heterocycles. The van der Waals surface area contributed by atoms with Gasteiger partial charge in [0, 0.05) is 16.6 Å². The Morgan fingerprint density at radius 2 is 2.10 bits per heavy atom. The van der Waals surface area contributed by atoms with Crippen molar-refractivity contribution in [2.24, 2.45) is 17.6 Å². The molecule has 3 atom stereocenters. The van der Waals surface area contributed by atoms with Crippen molar-refractivity contribution in [1.82, 2.24) is 5.32 Å². The minimum Gasteiger partial charge on any atom is -0.349 e. The van der Waals surface area contributed by atoms with Gasteiger partial charge >= 0.3 is 0 Å². The van der Waals surface area contributed by atoms with Crippen molar-refractivity contribution in [2.45, 2.75) is 36.6 Å². The molecule has 1 fully saturated rings. The third-order valence-corrected chi connectivity index (χ3v) is 5.70. The van der Waals surface area contributed by atoms with Gasteiger partial charge in [-0.1, -0.05) is 24.6 Å². The Bertz CT molecular complexity index is 497. The maximum absolute atomic E-state index is 12.5. The van der Waals surface area contributed by atoms with Gasteiger partial charge in [-0.25, -0.2) is 0 Å². The van der Waals surface area contributed by atoms with Gasteiger partial charge in [0.25, 0.3) is 0 Å². The molecule has 1 amide bonds. The third-order valence-electron chi connectivity index (χ3n) is 4.57. The third kappa shape index (κ3) is 3.55. The topological polar surface area (TPSA) is 55.1 Å². The first kappa shape index (κ1) is 16.7. The second-order valence-corrected chi connectivity index (χ2v) is 6.91. The largest absolute Gasteiger partial charge is 0.349 e. The van der Waals surface area contributed by atoms with Gasteiger partial charge in [-0.15, -0.1) is 24.2 Å². The van der Waals surface area contributed by atoms with Crippen LogP contribution in [0.15, 0.2) is 29.2 Å². The van der Waals surface area contributed by atoms with Crippen molar-refractivity contribution in [3.8, 4) is 0 Å². The lowest BCUT2D eigenvalue weighted by molar-refractivity contribution is -0.126. The number of nitrogens with two attached hydrogens (primary N) is 1. The summed E-state index contributed by atoms with van der Waals surface area (Å²) in [7, 11) is 0. The lowest BCUT2D eigenvalue weighted by Gasteiger charge is -2.28. The highest BCUT2D eigenvalue weighted by atomic mass is 35.5. The van der Waals surface area contributed by atoms with E-state index < -0.39 is 0 Å². The molecule has 1 unspecified atom stereocenters. The molecular formula is C16H23ClN2OS. The van der Waals surface area contributed by atoms with E-state index in [1.54, 1.807) is 0 Å². The maximum atomic E-state index is 12.5. The van der Waals surface area contributed by atoms with Crippen LogP contribution in [0.4, 0.5) is 0 Å². The number of carbonyl (C=O) groups excluding carboxylic acids is 1. The highest BCUT2D eigenvalue weighted by molar-refractivity contribution is 7.99. The number of hydrogen-bond acceptors (Lipinski definition) is 3. The van der Waals surface area contributed by atoms with Crippen molar-refractivity contribution in [1.29, 1.82) is 0 Å². The van der Waals surface area contributed by atoms with Crippen LogP contribution in [0.1, 0.15) is 37.3 Å². The van der Waals surface area contributed by atoms with E-state index in [9.17, 15) is 4.79 Å². The van der Waals surface area contributed by atoms with E-state index in [2.05, 4.69) is 29.6 Å². The van der Waals surface area contributed by atoms with E-state index in [0.29, 0.717) is 12.5 Å². The van der Waals surface area contributed by atoms with Gasteiger partial charge in [-0.05, 0) is 43.4 Å². The molecule has 0 bridgehead atoms. The first-order valence-corrected chi connectivity index (χ1v) is 8.50. The molecule has 116 valence electrons. The van der Waals surface area contributed by atoms with Crippen molar-refractivity contribution >= 4 is 30.1 Å². The summed E-state index contributed by atoms with van der Waals surface area (Å²) in [4.78, 5) is 13.8. The van der Waals surface area contributed by atoms with Crippen LogP contribution < -0.4 is 11.1 Å². The van der Waals surface area contributed by atoms with Crippen molar-refractivity contribution in [3.05, 3.63) is 29.8 Å². The zero-order valence-corrected chi connectivity index (χ0v) is 13.7. The predicted molar refractivity (Wildman–Crippen MR) is 89.8 cm³/mol. The van der Waals surface area contributed by atoms with Crippen LogP contribution in [-0.2, 0) is 4.79 Å². The monoisotopic (exact) mass is 326 g/mol. The highest BCUT2D eigenvalue weighted by Crippen LogP contribution is 2.37. The van der Waals surface area contributed by atoms with Gasteiger partial charge in [0.05, 0.1) is 6.04 Å². The number of thioether (sulfide) groups is 1. The normalized spacial score (nSPS) is 27.6. The fourth-order valence-electron chi connectivity index (χ4n) is 3.43. The van der Waals surface area contributed by atoms with E-state index in [1.165, 1.54) is 10.5 Å². The molecule has 0 aromatic heterocycles. The van der Waals surface area contributed by atoms with E-state index in [1.807, 2.05) is 11.8 Å². The summed E-state index contributed by atoms with van der Waals surface area (Å²) in [5, 5.41) is 3.27. The average Bonchev–Trinajstić information content (AvgIpc) is 2.96. The predicted octanol–water partition coefficient (Wildman–Crippen LogP) is 3.14. The quantitative estimate of drug-likeness (QED) is 0.897. The average molecular weight is 327 g/mol. The Balaban J connectivity index is 0.00000161. The molecule has 1 aromatic carbocycles. The van der Waals surface area contributed by atoms with Gasteiger partial charge in [-0.2, -0.15) is 0 Å². The molecule has 0 radical (unpaired) electrons. The molecule has 0 saturated heterocycles. The Morgan fingerprint density at radius 3 is 2.90 bits per heavy atom. The smallest absolute Gasteiger partial charge is 0.223 e. The van der Waals surface area contributed by atoms with Crippen LogP contribution in [0.3, 0.4) is 0 Å². The number of carbonyl (C=O) groups is 1. The molecule has 3 N–H and O–H groups in total. The Kier molecular flexibility index (Phi) is 5.97. The zero-order chi connectivity index (χ0) is 13.9. The lowest BCUT2D eigenvalue weighted by Crippen LogP contribution is -2.38. The molecule has 0 spiro atoms. The van der Waals surface area contributed by atoms with E-state index in [-0.39, 0.29) is 30.3 Å². The van der Waals surface area contributed by atoms with E-state index in [0.717, 1.165) is 31.4 Å². The molecule has 1 aliphatic carbocycles. The fraction of sp³-hybridized carbons (Fsp3) is 0.562. The summed E-state index contributed by atoms with van der Waals surface area (Å²) >= 11 is 1.89. The summed E-state index contributed by atoms with van der Waals surface area (Å²) < 4.78 is 0. The summed E-state index contributed by atoms with van der Waals surface area (Å²) in [5.41, 5.74) is 7.07. The molecule has 2 aliphatic rings. The van der Waals surface area contributed by atoms with Gasteiger partial charge in [0.15, 0.2) is 0 Å².